The number of nitrogens with zero attached hydrogens (tertiary/aromatic N) is 4. The molecule has 0 aliphatic carbocycles. The first-order valence-electron chi connectivity index (χ1n) is 8.71. The largest absolute Gasteiger partial charge is 0.368 e. The first-order chi connectivity index (χ1) is 11.5. The minimum absolute atomic E-state index is 0.0129. The van der Waals surface area contributed by atoms with Crippen molar-refractivity contribution in [3.8, 4) is 0 Å². The van der Waals surface area contributed by atoms with Crippen LogP contribution in [0.25, 0.3) is 0 Å². The Labute approximate surface area is 142 Å². The van der Waals surface area contributed by atoms with E-state index in [1.165, 1.54) is 0 Å². The summed E-state index contributed by atoms with van der Waals surface area (Å²) in [6.07, 6.45) is 1.48. The maximum atomic E-state index is 12.7. The standard InChI is InChI=1S/C17H26N4O3/c1-12(2)13-11-14(19(3)18-13)16(22)20-6-8-21(9-7-20)17(23)15-5-4-10-24-15/h11-12,15H,4-10H2,1-3H3/t15-/m1/s1. The lowest BCUT2D eigenvalue weighted by Crippen LogP contribution is -2.53. The third-order valence-electron chi connectivity index (χ3n) is 4.79. The van der Waals surface area contributed by atoms with Crippen molar-refractivity contribution in [3.05, 3.63) is 17.5 Å². The number of hydrogen-bond donors (Lipinski definition) is 0. The number of aryl methyl sites for hydroxylation is 1. The van der Waals surface area contributed by atoms with Crippen LogP contribution in [0.15, 0.2) is 6.07 Å². The van der Waals surface area contributed by atoms with E-state index in [4.69, 9.17) is 4.74 Å². The predicted octanol–water partition coefficient (Wildman–Crippen LogP) is 1.01. The zero-order chi connectivity index (χ0) is 17.3. The van der Waals surface area contributed by atoms with E-state index in [9.17, 15) is 9.59 Å². The van der Waals surface area contributed by atoms with Gasteiger partial charge in [0.05, 0.1) is 5.69 Å². The Kier molecular flexibility index (Phi) is 4.89. The van der Waals surface area contributed by atoms with Gasteiger partial charge in [0.25, 0.3) is 11.8 Å². The maximum Gasteiger partial charge on any atom is 0.272 e. The number of carbonyl (C=O) groups excluding carboxylic acids is 2. The molecule has 3 heterocycles. The lowest BCUT2D eigenvalue weighted by molar-refractivity contribution is -0.142. The third kappa shape index (κ3) is 3.31. The fourth-order valence-corrected chi connectivity index (χ4v) is 3.24. The molecule has 2 saturated heterocycles. The lowest BCUT2D eigenvalue weighted by Gasteiger charge is -2.35. The maximum absolute atomic E-state index is 12.7. The van der Waals surface area contributed by atoms with Crippen molar-refractivity contribution in [3.63, 3.8) is 0 Å². The molecule has 2 amide bonds. The second-order valence-corrected chi connectivity index (χ2v) is 6.85. The number of piperazine rings is 1. The molecule has 0 unspecified atom stereocenters. The number of rotatable bonds is 3. The van der Waals surface area contributed by atoms with Gasteiger partial charge in [-0.05, 0) is 24.8 Å². The zero-order valence-electron chi connectivity index (χ0n) is 14.7. The van der Waals surface area contributed by atoms with Gasteiger partial charge in [-0.15, -0.1) is 0 Å². The van der Waals surface area contributed by atoms with E-state index in [1.807, 2.05) is 11.0 Å². The summed E-state index contributed by atoms with van der Waals surface area (Å²) in [6.45, 7) is 7.04. The Morgan fingerprint density at radius 1 is 1.21 bits per heavy atom. The summed E-state index contributed by atoms with van der Waals surface area (Å²) in [5.41, 5.74) is 1.53. The predicted molar refractivity (Wildman–Crippen MR) is 88.8 cm³/mol. The molecule has 0 spiro atoms. The molecule has 3 rings (SSSR count). The average Bonchev–Trinajstić information content (AvgIpc) is 3.23. The van der Waals surface area contributed by atoms with Gasteiger partial charge >= 0.3 is 0 Å². The molecule has 0 bridgehead atoms. The van der Waals surface area contributed by atoms with Crippen molar-refractivity contribution in [2.75, 3.05) is 32.8 Å². The molecule has 1 aromatic rings. The summed E-state index contributed by atoms with van der Waals surface area (Å²) in [5, 5.41) is 4.41. The first kappa shape index (κ1) is 17.0. The van der Waals surface area contributed by atoms with E-state index >= 15 is 0 Å². The van der Waals surface area contributed by atoms with Gasteiger partial charge in [-0.3, -0.25) is 14.3 Å². The molecule has 2 aliphatic heterocycles. The number of carbonyl (C=O) groups is 2. The zero-order valence-corrected chi connectivity index (χ0v) is 14.7. The highest BCUT2D eigenvalue weighted by Gasteiger charge is 2.32. The lowest BCUT2D eigenvalue weighted by atomic mass is 10.1. The molecule has 24 heavy (non-hydrogen) atoms. The van der Waals surface area contributed by atoms with Crippen LogP contribution in [0.4, 0.5) is 0 Å². The van der Waals surface area contributed by atoms with Crippen molar-refractivity contribution in [1.29, 1.82) is 0 Å². The molecule has 0 aromatic carbocycles. The van der Waals surface area contributed by atoms with Crippen LogP contribution in [-0.4, -0.2) is 70.3 Å². The van der Waals surface area contributed by atoms with E-state index in [0.717, 1.165) is 18.5 Å². The van der Waals surface area contributed by atoms with E-state index in [2.05, 4.69) is 18.9 Å². The van der Waals surface area contributed by atoms with Crippen molar-refractivity contribution in [2.45, 2.75) is 38.7 Å². The first-order valence-corrected chi connectivity index (χ1v) is 8.71. The average molecular weight is 334 g/mol. The number of hydrogen-bond acceptors (Lipinski definition) is 4. The van der Waals surface area contributed by atoms with Gasteiger partial charge in [-0.1, -0.05) is 13.8 Å². The number of aromatic nitrogens is 2. The minimum atomic E-state index is -0.280. The normalized spacial score (nSPS) is 21.6. The molecule has 7 nitrogen and oxygen atoms in total. The van der Waals surface area contributed by atoms with Crippen molar-refractivity contribution < 1.29 is 14.3 Å². The monoisotopic (exact) mass is 334 g/mol. The molecule has 2 aliphatic rings. The van der Waals surface area contributed by atoms with Gasteiger partial charge in [0, 0.05) is 39.8 Å². The third-order valence-corrected chi connectivity index (χ3v) is 4.79. The van der Waals surface area contributed by atoms with Crippen LogP contribution in [0.1, 0.15) is 48.8 Å². The molecule has 1 atom stereocenters. The highest BCUT2D eigenvalue weighted by atomic mass is 16.5. The van der Waals surface area contributed by atoms with Gasteiger partial charge < -0.3 is 14.5 Å². The summed E-state index contributed by atoms with van der Waals surface area (Å²) in [6, 6.07) is 1.87. The summed E-state index contributed by atoms with van der Waals surface area (Å²) < 4.78 is 7.12. The second kappa shape index (κ2) is 6.93. The van der Waals surface area contributed by atoms with Crippen LogP contribution in [0, 0.1) is 0 Å². The molecule has 2 fully saturated rings. The second-order valence-electron chi connectivity index (χ2n) is 6.85. The van der Waals surface area contributed by atoms with Gasteiger partial charge in [0.1, 0.15) is 11.8 Å². The van der Waals surface area contributed by atoms with Gasteiger partial charge in [-0.25, -0.2) is 0 Å². The van der Waals surface area contributed by atoms with E-state index in [1.54, 1.807) is 16.6 Å². The summed E-state index contributed by atoms with van der Waals surface area (Å²) in [4.78, 5) is 28.7. The van der Waals surface area contributed by atoms with Crippen LogP contribution in [0.3, 0.4) is 0 Å². The SMILES string of the molecule is CC(C)c1cc(C(=O)N2CCN(C(=O)[C@H]3CCCO3)CC2)n(C)n1. The smallest absolute Gasteiger partial charge is 0.272 e. The molecular weight excluding hydrogens is 308 g/mol. The fraction of sp³-hybridized carbons (Fsp3) is 0.706. The van der Waals surface area contributed by atoms with E-state index < -0.39 is 0 Å². The Morgan fingerprint density at radius 2 is 1.88 bits per heavy atom. The van der Waals surface area contributed by atoms with Gasteiger partial charge in [0.2, 0.25) is 0 Å². The van der Waals surface area contributed by atoms with E-state index in [0.29, 0.717) is 44.4 Å². The molecule has 132 valence electrons. The Morgan fingerprint density at radius 3 is 2.42 bits per heavy atom. The van der Waals surface area contributed by atoms with Crippen molar-refractivity contribution in [1.82, 2.24) is 19.6 Å². The topological polar surface area (TPSA) is 67.7 Å². The summed E-state index contributed by atoms with van der Waals surface area (Å²) >= 11 is 0. The Bertz CT molecular complexity index is 611. The fourth-order valence-electron chi connectivity index (χ4n) is 3.24. The molecule has 1 aromatic heterocycles. The van der Waals surface area contributed by atoms with Gasteiger partial charge in [-0.2, -0.15) is 5.10 Å². The Hall–Kier alpha value is -1.89. The Balaban J connectivity index is 1.60. The van der Waals surface area contributed by atoms with E-state index in [-0.39, 0.29) is 17.9 Å². The molecule has 0 saturated carbocycles. The van der Waals surface area contributed by atoms with Crippen molar-refractivity contribution in [2.24, 2.45) is 7.05 Å². The van der Waals surface area contributed by atoms with Gasteiger partial charge in [0.15, 0.2) is 0 Å². The van der Waals surface area contributed by atoms with Crippen molar-refractivity contribution >= 4 is 11.8 Å². The molecular formula is C17H26N4O3. The molecule has 0 N–H and O–H groups in total. The van der Waals surface area contributed by atoms with Crippen LogP contribution < -0.4 is 0 Å². The summed E-state index contributed by atoms with van der Waals surface area (Å²) in [7, 11) is 1.80. The van der Waals surface area contributed by atoms with Crippen LogP contribution in [0.2, 0.25) is 0 Å². The summed E-state index contributed by atoms with van der Waals surface area (Å²) in [5.74, 6) is 0.349. The highest BCUT2D eigenvalue weighted by molar-refractivity contribution is 5.93. The molecule has 7 heteroatoms. The van der Waals surface area contributed by atoms with Crippen LogP contribution >= 0.6 is 0 Å². The number of amides is 2. The molecule has 0 radical (unpaired) electrons. The highest BCUT2D eigenvalue weighted by Crippen LogP contribution is 2.18. The van der Waals surface area contributed by atoms with Crippen LogP contribution in [0.5, 0.6) is 0 Å². The number of ether oxygens (including phenoxy) is 1. The quantitative estimate of drug-likeness (QED) is 0.827. The van der Waals surface area contributed by atoms with Crippen LogP contribution in [-0.2, 0) is 16.6 Å². The minimum Gasteiger partial charge on any atom is -0.368 e.